The van der Waals surface area contributed by atoms with Crippen molar-refractivity contribution in [1.82, 2.24) is 4.90 Å². The van der Waals surface area contributed by atoms with E-state index in [0.717, 1.165) is 5.56 Å². The Labute approximate surface area is 127 Å². The lowest BCUT2D eigenvalue weighted by atomic mass is 9.99. The predicted molar refractivity (Wildman–Crippen MR) is 79.4 cm³/mol. The zero-order chi connectivity index (χ0) is 15.4. The number of amides is 1. The molecule has 114 valence electrons. The zero-order valence-electron chi connectivity index (χ0n) is 11.8. The van der Waals surface area contributed by atoms with Gasteiger partial charge in [0.05, 0.1) is 11.7 Å². The third-order valence-electron chi connectivity index (χ3n) is 3.69. The molecule has 2 unspecified atom stereocenters. The number of likely N-dealkylation sites (tertiary alicyclic amines) is 1. The van der Waals surface area contributed by atoms with E-state index in [1.165, 1.54) is 23.9 Å². The first-order valence-corrected chi connectivity index (χ1v) is 7.95. The van der Waals surface area contributed by atoms with Crippen LogP contribution in [0.25, 0.3) is 0 Å². The molecule has 6 heteroatoms. The number of halogens is 1. The van der Waals surface area contributed by atoms with Gasteiger partial charge in [-0.1, -0.05) is 19.1 Å². The highest BCUT2D eigenvalue weighted by molar-refractivity contribution is 7.99. The molecule has 1 heterocycles. The lowest BCUT2D eigenvalue weighted by Gasteiger charge is -2.15. The summed E-state index contributed by atoms with van der Waals surface area (Å²) >= 11 is 1.46. The highest BCUT2D eigenvalue weighted by Crippen LogP contribution is 2.24. The minimum absolute atomic E-state index is 0.00597. The molecule has 21 heavy (non-hydrogen) atoms. The van der Waals surface area contributed by atoms with Crippen molar-refractivity contribution in [3.8, 4) is 0 Å². The summed E-state index contributed by atoms with van der Waals surface area (Å²) in [6.45, 7) is 2.66. The van der Waals surface area contributed by atoms with Gasteiger partial charge in [0.15, 0.2) is 0 Å². The number of thioether (sulfide) groups is 1. The molecule has 1 N–H and O–H groups in total. The molecule has 1 aromatic carbocycles. The molecule has 0 bridgehead atoms. The van der Waals surface area contributed by atoms with Crippen molar-refractivity contribution in [1.29, 1.82) is 0 Å². The molecule has 0 radical (unpaired) electrons. The molecular weight excluding hydrogens is 293 g/mol. The molecule has 1 aliphatic rings. The summed E-state index contributed by atoms with van der Waals surface area (Å²) in [5.74, 6) is -0.654. The molecule has 1 saturated heterocycles. The first-order chi connectivity index (χ1) is 9.97. The van der Waals surface area contributed by atoms with Crippen molar-refractivity contribution in [2.45, 2.75) is 12.7 Å². The summed E-state index contributed by atoms with van der Waals surface area (Å²) in [5.41, 5.74) is 0.965. The summed E-state index contributed by atoms with van der Waals surface area (Å²) in [6.07, 6.45) is 0. The van der Waals surface area contributed by atoms with Crippen LogP contribution >= 0.6 is 11.8 Å². The third kappa shape index (κ3) is 4.20. The van der Waals surface area contributed by atoms with Crippen molar-refractivity contribution < 1.29 is 19.1 Å². The molecule has 0 aliphatic carbocycles. The van der Waals surface area contributed by atoms with Crippen molar-refractivity contribution in [2.75, 3.05) is 18.8 Å². The third-order valence-corrected chi connectivity index (χ3v) is 4.68. The second-order valence-corrected chi connectivity index (χ2v) is 6.33. The number of rotatable bonds is 5. The van der Waals surface area contributed by atoms with Crippen LogP contribution < -0.4 is 0 Å². The van der Waals surface area contributed by atoms with Gasteiger partial charge in [0.2, 0.25) is 5.91 Å². The fourth-order valence-electron chi connectivity index (χ4n) is 2.42. The predicted octanol–water partition coefficient (Wildman–Crippen LogP) is 2.24. The van der Waals surface area contributed by atoms with E-state index in [1.54, 1.807) is 17.0 Å². The van der Waals surface area contributed by atoms with Gasteiger partial charge in [0.25, 0.3) is 0 Å². The van der Waals surface area contributed by atoms with E-state index in [2.05, 4.69) is 0 Å². The van der Waals surface area contributed by atoms with Crippen LogP contribution in [0.15, 0.2) is 24.3 Å². The molecular formula is C15H18FNO3S. The minimum atomic E-state index is -0.836. The SMILES string of the molecule is CC1CN(C(=O)CSCc2ccc(F)cc2)CC1C(=O)O. The number of carboxylic acids is 1. The molecule has 1 aromatic rings. The van der Waals surface area contributed by atoms with Crippen LogP contribution in [-0.2, 0) is 15.3 Å². The maximum atomic E-state index is 12.8. The molecule has 0 aromatic heterocycles. The molecule has 2 atom stereocenters. The topological polar surface area (TPSA) is 57.6 Å². The van der Waals surface area contributed by atoms with Crippen LogP contribution in [0, 0.1) is 17.7 Å². The molecule has 2 rings (SSSR count). The number of carbonyl (C=O) groups is 2. The van der Waals surface area contributed by atoms with Gasteiger partial charge >= 0.3 is 5.97 Å². The van der Waals surface area contributed by atoms with Gasteiger partial charge in [-0.2, -0.15) is 0 Å². The van der Waals surface area contributed by atoms with Crippen LogP contribution in [0.3, 0.4) is 0 Å². The summed E-state index contributed by atoms with van der Waals surface area (Å²) < 4.78 is 12.8. The van der Waals surface area contributed by atoms with E-state index in [0.29, 0.717) is 24.6 Å². The first kappa shape index (κ1) is 15.8. The van der Waals surface area contributed by atoms with Crippen molar-refractivity contribution in [3.63, 3.8) is 0 Å². The Morgan fingerprint density at radius 3 is 2.57 bits per heavy atom. The Hall–Kier alpha value is -1.56. The Bertz CT molecular complexity index is 520. The number of hydrogen-bond donors (Lipinski definition) is 1. The molecule has 0 spiro atoms. The number of nitrogens with zero attached hydrogens (tertiary/aromatic N) is 1. The van der Waals surface area contributed by atoms with Crippen LogP contribution in [-0.4, -0.2) is 40.7 Å². The monoisotopic (exact) mass is 311 g/mol. The number of aliphatic carboxylic acids is 1. The summed E-state index contributed by atoms with van der Waals surface area (Å²) in [6, 6.07) is 6.20. The average molecular weight is 311 g/mol. The maximum absolute atomic E-state index is 12.8. The number of carbonyl (C=O) groups excluding carboxylic acids is 1. The van der Waals surface area contributed by atoms with E-state index in [1.807, 2.05) is 6.92 Å². The second-order valence-electron chi connectivity index (χ2n) is 5.34. The fraction of sp³-hybridized carbons (Fsp3) is 0.467. The fourth-order valence-corrected chi connectivity index (χ4v) is 3.31. The summed E-state index contributed by atoms with van der Waals surface area (Å²) in [7, 11) is 0. The summed E-state index contributed by atoms with van der Waals surface area (Å²) in [5, 5.41) is 9.06. The van der Waals surface area contributed by atoms with E-state index in [4.69, 9.17) is 5.11 Å². The van der Waals surface area contributed by atoms with Crippen LogP contribution in [0.5, 0.6) is 0 Å². The molecule has 0 saturated carbocycles. The van der Waals surface area contributed by atoms with Crippen LogP contribution in [0.1, 0.15) is 12.5 Å². The quantitative estimate of drug-likeness (QED) is 0.906. The smallest absolute Gasteiger partial charge is 0.308 e. The van der Waals surface area contributed by atoms with Gasteiger partial charge in [-0.3, -0.25) is 9.59 Å². The van der Waals surface area contributed by atoms with Gasteiger partial charge < -0.3 is 10.0 Å². The number of carboxylic acid groups (broad SMARTS) is 1. The molecule has 4 nitrogen and oxygen atoms in total. The largest absolute Gasteiger partial charge is 0.481 e. The maximum Gasteiger partial charge on any atom is 0.308 e. The highest BCUT2D eigenvalue weighted by atomic mass is 32.2. The Morgan fingerprint density at radius 1 is 1.33 bits per heavy atom. The van der Waals surface area contributed by atoms with Crippen molar-refractivity contribution in [2.24, 2.45) is 11.8 Å². The van der Waals surface area contributed by atoms with Gasteiger partial charge in [-0.05, 0) is 23.6 Å². The second kappa shape index (κ2) is 6.93. The Kier molecular flexibility index (Phi) is 5.22. The van der Waals surface area contributed by atoms with Crippen molar-refractivity contribution in [3.05, 3.63) is 35.6 Å². The van der Waals surface area contributed by atoms with Gasteiger partial charge in [0, 0.05) is 18.8 Å². The number of hydrogen-bond acceptors (Lipinski definition) is 3. The van der Waals surface area contributed by atoms with E-state index in [9.17, 15) is 14.0 Å². The van der Waals surface area contributed by atoms with E-state index in [-0.39, 0.29) is 17.6 Å². The van der Waals surface area contributed by atoms with Gasteiger partial charge in [0.1, 0.15) is 5.82 Å². The Balaban J connectivity index is 1.77. The van der Waals surface area contributed by atoms with Crippen LogP contribution in [0.2, 0.25) is 0 Å². The van der Waals surface area contributed by atoms with Gasteiger partial charge in [-0.25, -0.2) is 4.39 Å². The lowest BCUT2D eigenvalue weighted by Crippen LogP contribution is -2.31. The minimum Gasteiger partial charge on any atom is -0.481 e. The van der Waals surface area contributed by atoms with Crippen LogP contribution in [0.4, 0.5) is 4.39 Å². The average Bonchev–Trinajstić information content (AvgIpc) is 2.83. The molecule has 1 amide bonds. The van der Waals surface area contributed by atoms with E-state index < -0.39 is 11.9 Å². The van der Waals surface area contributed by atoms with E-state index >= 15 is 0 Å². The standard InChI is InChI=1S/C15H18FNO3S/c1-10-6-17(7-13(10)15(19)20)14(18)9-21-8-11-2-4-12(16)5-3-11/h2-5,10,13H,6-9H2,1H3,(H,19,20). The first-order valence-electron chi connectivity index (χ1n) is 6.80. The zero-order valence-corrected chi connectivity index (χ0v) is 12.6. The molecule has 1 fully saturated rings. The number of benzene rings is 1. The normalized spacial score (nSPS) is 21.5. The lowest BCUT2D eigenvalue weighted by molar-refractivity contribution is -0.142. The van der Waals surface area contributed by atoms with Gasteiger partial charge in [-0.15, -0.1) is 11.8 Å². The summed E-state index contributed by atoms with van der Waals surface area (Å²) in [4.78, 5) is 24.7. The highest BCUT2D eigenvalue weighted by Gasteiger charge is 2.36. The Morgan fingerprint density at radius 2 is 2.00 bits per heavy atom. The van der Waals surface area contributed by atoms with Crippen molar-refractivity contribution >= 4 is 23.6 Å². The molecule has 1 aliphatic heterocycles.